The summed E-state index contributed by atoms with van der Waals surface area (Å²) in [4.78, 5) is 34.3. The molecule has 162 valence electrons. The van der Waals surface area contributed by atoms with E-state index in [4.69, 9.17) is 32.8 Å². The van der Waals surface area contributed by atoms with Crippen molar-refractivity contribution in [3.05, 3.63) is 88.4 Å². The number of hydrogen-bond acceptors (Lipinski definition) is 5. The smallest absolute Gasteiger partial charge is 0.266 e. The summed E-state index contributed by atoms with van der Waals surface area (Å²) in [5.74, 6) is -1.15. The van der Waals surface area contributed by atoms with E-state index in [0.29, 0.717) is 5.75 Å². The van der Waals surface area contributed by atoms with Gasteiger partial charge in [0.1, 0.15) is 11.7 Å². The van der Waals surface area contributed by atoms with Crippen molar-refractivity contribution in [1.82, 2.24) is 0 Å². The van der Waals surface area contributed by atoms with Crippen molar-refractivity contribution in [3.8, 4) is 5.75 Å². The van der Waals surface area contributed by atoms with Gasteiger partial charge in [0.05, 0.1) is 34.6 Å². The van der Waals surface area contributed by atoms with Crippen LogP contribution in [-0.2, 0) is 14.4 Å². The molecule has 8 heteroatoms. The molecule has 5 rings (SSSR count). The van der Waals surface area contributed by atoms with Crippen molar-refractivity contribution in [2.45, 2.75) is 12.1 Å². The summed E-state index contributed by atoms with van der Waals surface area (Å²) in [7, 11) is 1.57. The number of amides is 2. The fourth-order valence-corrected chi connectivity index (χ4v) is 4.93. The Hall–Kier alpha value is -3.06. The molecule has 3 unspecified atom stereocenters. The normalized spacial score (nSPS) is 22.4. The largest absolute Gasteiger partial charge is 0.496 e. The number of imide groups is 1. The van der Waals surface area contributed by atoms with Gasteiger partial charge < -0.3 is 4.74 Å². The Labute approximate surface area is 194 Å². The first-order chi connectivity index (χ1) is 15.5. The van der Waals surface area contributed by atoms with Crippen LogP contribution in [-0.4, -0.2) is 25.0 Å². The summed E-state index contributed by atoms with van der Waals surface area (Å²) in [6, 6.07) is 21.0. The molecular formula is C24H18Cl2N2O4. The standard InChI is InChI=1S/C24H18Cl2N2O4/c1-31-18-13-6-5-10-15(18)20-19-22(32-28(20)14-8-3-2-4-9-14)24(30)27(23(19)29)21-16(25)11-7-12-17(21)26/h2-13,19-20,22H,1H3. The highest BCUT2D eigenvalue weighted by Crippen LogP contribution is 2.50. The van der Waals surface area contributed by atoms with Crippen molar-refractivity contribution >= 4 is 46.4 Å². The summed E-state index contributed by atoms with van der Waals surface area (Å²) >= 11 is 12.6. The van der Waals surface area contributed by atoms with Crippen molar-refractivity contribution in [1.29, 1.82) is 0 Å². The van der Waals surface area contributed by atoms with E-state index in [-0.39, 0.29) is 15.7 Å². The van der Waals surface area contributed by atoms with E-state index in [9.17, 15) is 9.59 Å². The molecule has 0 bridgehead atoms. The van der Waals surface area contributed by atoms with Crippen LogP contribution in [0.4, 0.5) is 11.4 Å². The van der Waals surface area contributed by atoms with Gasteiger partial charge in [0.15, 0.2) is 6.10 Å². The third-order valence-electron chi connectivity index (χ3n) is 5.74. The highest BCUT2D eigenvalue weighted by Gasteiger charge is 2.61. The zero-order valence-electron chi connectivity index (χ0n) is 16.9. The molecule has 3 aromatic rings. The Morgan fingerprint density at radius 3 is 2.19 bits per heavy atom. The molecule has 6 nitrogen and oxygen atoms in total. The topological polar surface area (TPSA) is 59.1 Å². The minimum absolute atomic E-state index is 0.175. The fourth-order valence-electron chi connectivity index (χ4n) is 4.36. The average Bonchev–Trinajstić information content (AvgIpc) is 3.31. The number of benzene rings is 3. The Bertz CT molecular complexity index is 1180. The number of ether oxygens (including phenoxy) is 1. The number of carbonyl (C=O) groups is 2. The van der Waals surface area contributed by atoms with Crippen LogP contribution in [0.1, 0.15) is 11.6 Å². The Balaban J connectivity index is 1.64. The van der Waals surface area contributed by atoms with E-state index in [2.05, 4.69) is 0 Å². The van der Waals surface area contributed by atoms with Crippen molar-refractivity contribution in [3.63, 3.8) is 0 Å². The van der Waals surface area contributed by atoms with Gasteiger partial charge in [-0.25, -0.2) is 9.96 Å². The van der Waals surface area contributed by atoms with Crippen LogP contribution < -0.4 is 14.7 Å². The molecule has 2 fully saturated rings. The van der Waals surface area contributed by atoms with Gasteiger partial charge in [-0.2, -0.15) is 0 Å². The summed E-state index contributed by atoms with van der Waals surface area (Å²) in [5.41, 5.74) is 1.63. The number of carbonyl (C=O) groups excluding carboxylic acids is 2. The first-order valence-electron chi connectivity index (χ1n) is 9.98. The maximum atomic E-state index is 13.7. The lowest BCUT2D eigenvalue weighted by Crippen LogP contribution is -2.37. The lowest BCUT2D eigenvalue weighted by Gasteiger charge is -2.29. The van der Waals surface area contributed by atoms with Gasteiger partial charge in [-0.1, -0.05) is 65.7 Å². The molecule has 0 saturated carbocycles. The maximum Gasteiger partial charge on any atom is 0.266 e. The third-order valence-corrected chi connectivity index (χ3v) is 6.35. The number of anilines is 2. The third kappa shape index (κ3) is 3.14. The van der Waals surface area contributed by atoms with Gasteiger partial charge >= 0.3 is 0 Å². The van der Waals surface area contributed by atoms with Crippen LogP contribution in [0.3, 0.4) is 0 Å². The molecule has 2 heterocycles. The number of nitrogens with zero attached hydrogens (tertiary/aromatic N) is 2. The average molecular weight is 469 g/mol. The summed E-state index contributed by atoms with van der Waals surface area (Å²) in [6.45, 7) is 0. The predicted octanol–water partition coefficient (Wildman–Crippen LogP) is 5.05. The Kier molecular flexibility index (Phi) is 5.29. The van der Waals surface area contributed by atoms with Crippen molar-refractivity contribution < 1.29 is 19.2 Å². The van der Waals surface area contributed by atoms with Gasteiger partial charge in [0, 0.05) is 5.56 Å². The van der Waals surface area contributed by atoms with E-state index >= 15 is 0 Å². The predicted molar refractivity (Wildman–Crippen MR) is 122 cm³/mol. The van der Waals surface area contributed by atoms with Crippen LogP contribution in [0.2, 0.25) is 10.0 Å². The van der Waals surface area contributed by atoms with Crippen LogP contribution in [0, 0.1) is 5.92 Å². The molecule has 3 atom stereocenters. The lowest BCUT2D eigenvalue weighted by molar-refractivity contribution is -0.126. The Morgan fingerprint density at radius 2 is 1.50 bits per heavy atom. The summed E-state index contributed by atoms with van der Waals surface area (Å²) in [6.07, 6.45) is -1.02. The number of methoxy groups -OCH3 is 1. The molecule has 2 amide bonds. The summed E-state index contributed by atoms with van der Waals surface area (Å²) < 4.78 is 5.57. The lowest BCUT2D eigenvalue weighted by atomic mass is 9.90. The van der Waals surface area contributed by atoms with E-state index in [1.54, 1.807) is 30.4 Å². The van der Waals surface area contributed by atoms with Crippen LogP contribution in [0.15, 0.2) is 72.8 Å². The van der Waals surface area contributed by atoms with E-state index in [1.807, 2.05) is 54.6 Å². The molecule has 2 aliphatic heterocycles. The number of para-hydroxylation sites is 3. The van der Waals surface area contributed by atoms with Crippen LogP contribution >= 0.6 is 23.2 Å². The molecule has 2 aliphatic rings. The molecule has 0 aliphatic carbocycles. The van der Waals surface area contributed by atoms with Crippen LogP contribution in [0.25, 0.3) is 0 Å². The Morgan fingerprint density at radius 1 is 0.844 bits per heavy atom. The number of halogens is 2. The van der Waals surface area contributed by atoms with Crippen LogP contribution in [0.5, 0.6) is 5.75 Å². The van der Waals surface area contributed by atoms with Crippen molar-refractivity contribution in [2.24, 2.45) is 5.92 Å². The molecule has 3 aromatic carbocycles. The second-order valence-corrected chi connectivity index (χ2v) is 8.30. The van der Waals surface area contributed by atoms with E-state index in [0.717, 1.165) is 16.2 Å². The van der Waals surface area contributed by atoms with Gasteiger partial charge in [-0.05, 0) is 30.3 Å². The number of hydrogen-bond donors (Lipinski definition) is 0. The number of rotatable bonds is 4. The minimum atomic E-state index is -1.02. The molecule has 32 heavy (non-hydrogen) atoms. The summed E-state index contributed by atoms with van der Waals surface area (Å²) in [5, 5.41) is 2.05. The second-order valence-electron chi connectivity index (χ2n) is 7.48. The van der Waals surface area contributed by atoms with Gasteiger partial charge in [0.2, 0.25) is 5.91 Å². The zero-order chi connectivity index (χ0) is 22.4. The van der Waals surface area contributed by atoms with Gasteiger partial charge in [0.25, 0.3) is 5.91 Å². The number of hydroxylamine groups is 1. The number of fused-ring (bicyclic) bond motifs is 1. The van der Waals surface area contributed by atoms with E-state index in [1.165, 1.54) is 0 Å². The first-order valence-corrected chi connectivity index (χ1v) is 10.7. The monoisotopic (exact) mass is 468 g/mol. The minimum Gasteiger partial charge on any atom is -0.496 e. The highest BCUT2D eigenvalue weighted by atomic mass is 35.5. The molecular weight excluding hydrogens is 451 g/mol. The SMILES string of the molecule is COc1ccccc1C1C2C(=O)N(c3c(Cl)cccc3Cl)C(=O)C2ON1c1ccccc1. The van der Waals surface area contributed by atoms with E-state index < -0.39 is 29.9 Å². The van der Waals surface area contributed by atoms with Gasteiger partial charge in [-0.15, -0.1) is 0 Å². The van der Waals surface area contributed by atoms with Gasteiger partial charge in [-0.3, -0.25) is 14.4 Å². The molecule has 0 aromatic heterocycles. The quantitative estimate of drug-likeness (QED) is 0.501. The van der Waals surface area contributed by atoms with Crippen molar-refractivity contribution in [2.75, 3.05) is 17.1 Å². The molecule has 0 radical (unpaired) electrons. The second kappa shape index (κ2) is 8.13. The maximum absolute atomic E-state index is 13.7. The first kappa shape index (κ1) is 20.8. The molecule has 0 N–H and O–H groups in total. The fraction of sp³-hybridized carbons (Fsp3) is 0.167. The highest BCUT2D eigenvalue weighted by molar-refractivity contribution is 6.42. The molecule has 0 spiro atoms. The molecule has 2 saturated heterocycles. The zero-order valence-corrected chi connectivity index (χ0v) is 18.5.